The van der Waals surface area contributed by atoms with E-state index in [1.54, 1.807) is 36.4 Å². The molecule has 0 radical (unpaired) electrons. The highest BCUT2D eigenvalue weighted by Gasteiger charge is 2.34. The number of hydrogen-bond donors (Lipinski definition) is 3. The lowest BCUT2D eigenvalue weighted by molar-refractivity contribution is 0.0371. The molecular weight excluding hydrogens is 588 g/mol. The molecule has 10 nitrogen and oxygen atoms in total. The number of urea groups is 1. The summed E-state index contributed by atoms with van der Waals surface area (Å²) in [5.41, 5.74) is 1.06. The number of anilines is 2. The first-order valence-electron chi connectivity index (χ1n) is 13.9. The lowest BCUT2D eigenvalue weighted by Crippen LogP contribution is -2.50. The van der Waals surface area contributed by atoms with Crippen LogP contribution in [0.1, 0.15) is 24.2 Å². The standard InChI is InChI=1S/C31H34N4O6S2/c1-20-17-35(21(2)19-36)30(37)25-16-23(33-43(39,40)29-12-7-15-42-29)13-14-27(25)41-28(20)18-34(3)31(38)32-26-11-6-9-22-8-4-5-10-24(22)26/h4-16,20-21,28,33,36H,17-19H2,1-3H3,(H,32,38)/t20-,21+,28-/m0/s1. The summed E-state index contributed by atoms with van der Waals surface area (Å²) in [6.07, 6.45) is -0.517. The van der Waals surface area contributed by atoms with Crippen molar-refractivity contribution in [2.45, 2.75) is 30.2 Å². The first-order chi connectivity index (χ1) is 20.6. The zero-order valence-corrected chi connectivity index (χ0v) is 25.7. The Kier molecular flexibility index (Phi) is 8.90. The van der Waals surface area contributed by atoms with Gasteiger partial charge in [-0.2, -0.15) is 0 Å². The van der Waals surface area contributed by atoms with Gasteiger partial charge in [-0.3, -0.25) is 9.52 Å². The molecule has 0 fully saturated rings. The molecule has 0 unspecified atom stereocenters. The van der Waals surface area contributed by atoms with E-state index in [2.05, 4.69) is 10.0 Å². The zero-order valence-electron chi connectivity index (χ0n) is 24.1. The van der Waals surface area contributed by atoms with Crippen molar-refractivity contribution < 1.29 is 27.9 Å². The molecule has 3 N–H and O–H groups in total. The van der Waals surface area contributed by atoms with Crippen molar-refractivity contribution in [3.63, 3.8) is 0 Å². The minimum atomic E-state index is -3.84. The predicted octanol–water partition coefficient (Wildman–Crippen LogP) is 5.09. The maximum Gasteiger partial charge on any atom is 0.321 e. The summed E-state index contributed by atoms with van der Waals surface area (Å²) in [6, 6.07) is 20.4. The highest BCUT2D eigenvalue weighted by molar-refractivity contribution is 7.94. The van der Waals surface area contributed by atoms with Crippen LogP contribution in [0.5, 0.6) is 5.75 Å². The van der Waals surface area contributed by atoms with Gasteiger partial charge in [-0.15, -0.1) is 11.3 Å². The lowest BCUT2D eigenvalue weighted by atomic mass is 9.99. The third-order valence-electron chi connectivity index (χ3n) is 7.51. The Morgan fingerprint density at radius 2 is 1.91 bits per heavy atom. The number of thiophene rings is 1. The van der Waals surface area contributed by atoms with Crippen LogP contribution in [-0.2, 0) is 10.0 Å². The Hall–Kier alpha value is -4.13. The van der Waals surface area contributed by atoms with Crippen LogP contribution in [0.2, 0.25) is 0 Å². The number of amides is 3. The average Bonchev–Trinajstić information content (AvgIpc) is 3.55. The van der Waals surface area contributed by atoms with Crippen molar-refractivity contribution >= 4 is 55.4 Å². The molecule has 2 heterocycles. The number of carbonyl (C=O) groups is 2. The third kappa shape index (κ3) is 6.61. The smallest absolute Gasteiger partial charge is 0.321 e. The molecule has 3 atom stereocenters. The van der Waals surface area contributed by atoms with Gasteiger partial charge < -0.3 is 25.0 Å². The van der Waals surface area contributed by atoms with E-state index in [1.165, 1.54) is 23.1 Å². The molecule has 226 valence electrons. The first-order valence-corrected chi connectivity index (χ1v) is 16.2. The van der Waals surface area contributed by atoms with Gasteiger partial charge in [-0.05, 0) is 48.0 Å². The second-order valence-electron chi connectivity index (χ2n) is 10.7. The van der Waals surface area contributed by atoms with Crippen molar-refractivity contribution in [2.75, 3.05) is 36.8 Å². The van der Waals surface area contributed by atoms with Crippen LogP contribution in [0.15, 0.2) is 82.4 Å². The average molecular weight is 623 g/mol. The number of fused-ring (bicyclic) bond motifs is 2. The number of rotatable bonds is 8. The van der Waals surface area contributed by atoms with Crippen LogP contribution in [0, 0.1) is 5.92 Å². The van der Waals surface area contributed by atoms with E-state index in [0.29, 0.717) is 5.69 Å². The Labute approximate surface area is 254 Å². The fraction of sp³-hybridized carbons (Fsp3) is 0.290. The normalized spacial score (nSPS) is 17.8. The van der Waals surface area contributed by atoms with Crippen molar-refractivity contribution in [3.05, 3.63) is 83.7 Å². The zero-order chi connectivity index (χ0) is 30.7. The van der Waals surface area contributed by atoms with Gasteiger partial charge in [0.2, 0.25) is 0 Å². The summed E-state index contributed by atoms with van der Waals surface area (Å²) in [4.78, 5) is 30.1. The van der Waals surface area contributed by atoms with E-state index in [1.807, 2.05) is 49.4 Å². The maximum atomic E-state index is 13.7. The number of carbonyl (C=O) groups excluding carboxylic acids is 2. The third-order valence-corrected chi connectivity index (χ3v) is 10.3. The number of nitrogens with one attached hydrogen (secondary N) is 2. The van der Waals surface area contributed by atoms with E-state index in [9.17, 15) is 23.1 Å². The minimum absolute atomic E-state index is 0.149. The van der Waals surface area contributed by atoms with Crippen LogP contribution < -0.4 is 14.8 Å². The first kappa shape index (κ1) is 30.3. The molecule has 1 aliphatic rings. The molecule has 12 heteroatoms. The van der Waals surface area contributed by atoms with Gasteiger partial charge in [-0.1, -0.05) is 49.4 Å². The van der Waals surface area contributed by atoms with Gasteiger partial charge in [-0.25, -0.2) is 13.2 Å². The Balaban J connectivity index is 1.40. The number of sulfonamides is 1. The molecule has 0 aliphatic carbocycles. The summed E-state index contributed by atoms with van der Waals surface area (Å²) >= 11 is 1.09. The number of likely N-dealkylation sites (N-methyl/N-ethyl adjacent to an activating group) is 1. The highest BCUT2D eigenvalue weighted by atomic mass is 32.2. The number of benzene rings is 3. The van der Waals surface area contributed by atoms with Gasteiger partial charge in [0.05, 0.1) is 30.4 Å². The maximum absolute atomic E-state index is 13.7. The van der Waals surface area contributed by atoms with Crippen molar-refractivity contribution in [1.29, 1.82) is 0 Å². The summed E-state index contributed by atoms with van der Waals surface area (Å²) in [6.45, 7) is 3.89. The SMILES string of the molecule is C[C@H](CO)N1C[C@H](C)[C@H](CN(C)C(=O)Nc2cccc3ccccc23)Oc2ccc(NS(=O)(=O)c3cccs3)cc2C1=O. The number of ether oxygens (including phenoxy) is 1. The van der Waals surface area contributed by atoms with E-state index >= 15 is 0 Å². The minimum Gasteiger partial charge on any atom is -0.487 e. The summed E-state index contributed by atoms with van der Waals surface area (Å²) < 4.78 is 34.7. The molecule has 0 spiro atoms. The number of hydrogen-bond acceptors (Lipinski definition) is 7. The van der Waals surface area contributed by atoms with Crippen molar-refractivity contribution in [3.8, 4) is 5.75 Å². The topological polar surface area (TPSA) is 128 Å². The molecule has 0 saturated carbocycles. The van der Waals surface area contributed by atoms with E-state index < -0.39 is 22.2 Å². The quantitative estimate of drug-likeness (QED) is 0.251. The predicted molar refractivity (Wildman–Crippen MR) is 168 cm³/mol. The van der Waals surface area contributed by atoms with Gasteiger partial charge in [0.25, 0.3) is 15.9 Å². The van der Waals surface area contributed by atoms with Crippen molar-refractivity contribution in [2.24, 2.45) is 5.92 Å². The summed E-state index contributed by atoms with van der Waals surface area (Å²) in [5.74, 6) is -0.337. The second kappa shape index (κ2) is 12.6. The molecule has 4 aromatic rings. The molecule has 3 aromatic carbocycles. The van der Waals surface area contributed by atoms with E-state index in [0.717, 1.165) is 22.1 Å². The van der Waals surface area contributed by atoms with Gasteiger partial charge in [0.1, 0.15) is 16.1 Å². The monoisotopic (exact) mass is 622 g/mol. The van der Waals surface area contributed by atoms with E-state index in [-0.39, 0.29) is 58.8 Å². The van der Waals surface area contributed by atoms with E-state index in [4.69, 9.17) is 4.74 Å². The second-order valence-corrected chi connectivity index (χ2v) is 13.6. The van der Waals surface area contributed by atoms with Crippen LogP contribution >= 0.6 is 11.3 Å². The number of aliphatic hydroxyl groups is 1. The number of aliphatic hydroxyl groups excluding tert-OH is 1. The largest absolute Gasteiger partial charge is 0.487 e. The summed E-state index contributed by atoms with van der Waals surface area (Å²) in [5, 5.41) is 16.5. The highest BCUT2D eigenvalue weighted by Crippen LogP contribution is 2.32. The molecule has 0 saturated heterocycles. The van der Waals surface area contributed by atoms with Crippen LogP contribution in [0.4, 0.5) is 16.2 Å². The molecule has 0 bridgehead atoms. The fourth-order valence-electron chi connectivity index (χ4n) is 5.02. The van der Waals surface area contributed by atoms with Gasteiger partial charge in [0.15, 0.2) is 0 Å². The Morgan fingerprint density at radius 3 is 2.65 bits per heavy atom. The summed E-state index contributed by atoms with van der Waals surface area (Å²) in [7, 11) is -2.16. The molecule has 5 rings (SSSR count). The molecular formula is C31H34N4O6S2. The van der Waals surface area contributed by atoms with Gasteiger partial charge >= 0.3 is 6.03 Å². The van der Waals surface area contributed by atoms with Crippen molar-refractivity contribution in [1.82, 2.24) is 9.80 Å². The number of nitrogens with zero attached hydrogens (tertiary/aromatic N) is 2. The molecule has 3 amide bonds. The fourth-order valence-corrected chi connectivity index (χ4v) is 7.07. The molecule has 43 heavy (non-hydrogen) atoms. The van der Waals surface area contributed by atoms with Gasteiger partial charge in [0, 0.05) is 30.6 Å². The van der Waals surface area contributed by atoms with Crippen LogP contribution in [-0.4, -0.2) is 74.2 Å². The molecule has 1 aromatic heterocycles. The van der Waals surface area contributed by atoms with Crippen LogP contribution in [0.3, 0.4) is 0 Å². The Morgan fingerprint density at radius 1 is 1.14 bits per heavy atom. The lowest BCUT2D eigenvalue weighted by Gasteiger charge is -2.38. The van der Waals surface area contributed by atoms with Crippen LogP contribution in [0.25, 0.3) is 10.8 Å². The molecule has 1 aliphatic heterocycles. The Bertz CT molecular complexity index is 1720.